The van der Waals surface area contributed by atoms with Gasteiger partial charge in [0.15, 0.2) is 0 Å². The highest BCUT2D eigenvalue weighted by Gasteiger charge is 2.30. The van der Waals surface area contributed by atoms with Crippen molar-refractivity contribution in [3.63, 3.8) is 0 Å². The SMILES string of the molecule is O=C(O)C1CNC(c2cc(F)c(Cl)c(Br)c2)C1. The van der Waals surface area contributed by atoms with E-state index in [0.717, 1.165) is 0 Å². The smallest absolute Gasteiger partial charge is 0.307 e. The van der Waals surface area contributed by atoms with Crippen molar-refractivity contribution < 1.29 is 14.3 Å². The summed E-state index contributed by atoms with van der Waals surface area (Å²) in [6, 6.07) is 2.92. The van der Waals surface area contributed by atoms with Crippen LogP contribution in [-0.2, 0) is 4.79 Å². The molecule has 0 spiro atoms. The van der Waals surface area contributed by atoms with E-state index in [2.05, 4.69) is 21.2 Å². The van der Waals surface area contributed by atoms with E-state index in [1.807, 2.05) is 0 Å². The first-order chi connectivity index (χ1) is 7.99. The molecule has 2 rings (SSSR count). The third-order valence-electron chi connectivity index (χ3n) is 2.89. The molecule has 1 heterocycles. The van der Waals surface area contributed by atoms with Crippen molar-refractivity contribution in [2.45, 2.75) is 12.5 Å². The molecule has 1 saturated heterocycles. The van der Waals surface area contributed by atoms with Crippen molar-refractivity contribution in [2.75, 3.05) is 6.54 Å². The fourth-order valence-electron chi connectivity index (χ4n) is 1.95. The summed E-state index contributed by atoms with van der Waals surface area (Å²) in [6.45, 7) is 0.405. The first-order valence-electron chi connectivity index (χ1n) is 5.09. The molecule has 2 unspecified atom stereocenters. The van der Waals surface area contributed by atoms with Crippen LogP contribution in [0.5, 0.6) is 0 Å². The molecule has 17 heavy (non-hydrogen) atoms. The number of benzene rings is 1. The van der Waals surface area contributed by atoms with E-state index in [0.29, 0.717) is 23.0 Å². The molecule has 0 radical (unpaired) electrons. The second-order valence-electron chi connectivity index (χ2n) is 4.03. The summed E-state index contributed by atoms with van der Waals surface area (Å²) in [6.07, 6.45) is 0.461. The van der Waals surface area contributed by atoms with Crippen molar-refractivity contribution in [3.05, 3.63) is 33.0 Å². The molecule has 1 aliphatic heterocycles. The molecule has 0 bridgehead atoms. The topological polar surface area (TPSA) is 49.3 Å². The van der Waals surface area contributed by atoms with E-state index < -0.39 is 17.7 Å². The van der Waals surface area contributed by atoms with Gasteiger partial charge < -0.3 is 10.4 Å². The zero-order valence-corrected chi connectivity index (χ0v) is 11.1. The number of nitrogens with one attached hydrogen (secondary N) is 1. The van der Waals surface area contributed by atoms with Gasteiger partial charge in [0, 0.05) is 17.1 Å². The number of halogens is 3. The molecular weight excluding hydrogens is 312 g/mol. The number of carboxylic acid groups (broad SMARTS) is 1. The molecule has 0 aromatic heterocycles. The number of hydrogen-bond acceptors (Lipinski definition) is 2. The number of carboxylic acids is 1. The Labute approximate surface area is 111 Å². The molecule has 0 saturated carbocycles. The summed E-state index contributed by atoms with van der Waals surface area (Å²) >= 11 is 8.87. The van der Waals surface area contributed by atoms with Crippen LogP contribution in [0.2, 0.25) is 5.02 Å². The van der Waals surface area contributed by atoms with Crippen LogP contribution in [0.25, 0.3) is 0 Å². The normalized spacial score (nSPS) is 23.9. The zero-order valence-electron chi connectivity index (χ0n) is 8.71. The highest BCUT2D eigenvalue weighted by Crippen LogP contribution is 2.33. The Kier molecular flexibility index (Phi) is 3.70. The van der Waals surface area contributed by atoms with Crippen LogP contribution in [0.4, 0.5) is 4.39 Å². The molecule has 1 aliphatic rings. The van der Waals surface area contributed by atoms with Crippen LogP contribution in [0, 0.1) is 11.7 Å². The average Bonchev–Trinajstić information content (AvgIpc) is 2.74. The van der Waals surface area contributed by atoms with Crippen LogP contribution in [0.15, 0.2) is 16.6 Å². The third kappa shape index (κ3) is 2.61. The van der Waals surface area contributed by atoms with Gasteiger partial charge in [-0.05, 0) is 40.0 Å². The quantitative estimate of drug-likeness (QED) is 0.823. The molecule has 0 aliphatic carbocycles. The fourth-order valence-corrected chi connectivity index (χ4v) is 2.52. The van der Waals surface area contributed by atoms with Crippen molar-refractivity contribution in [3.8, 4) is 0 Å². The van der Waals surface area contributed by atoms with Gasteiger partial charge in [-0.3, -0.25) is 4.79 Å². The fraction of sp³-hybridized carbons (Fsp3) is 0.364. The minimum atomic E-state index is -0.825. The molecule has 1 aromatic rings. The summed E-state index contributed by atoms with van der Waals surface area (Å²) in [7, 11) is 0. The van der Waals surface area contributed by atoms with Gasteiger partial charge in [-0.15, -0.1) is 0 Å². The summed E-state index contributed by atoms with van der Waals surface area (Å²) in [5.41, 5.74) is 0.711. The highest BCUT2D eigenvalue weighted by atomic mass is 79.9. The summed E-state index contributed by atoms with van der Waals surface area (Å²) in [4.78, 5) is 10.8. The molecule has 6 heteroatoms. The van der Waals surface area contributed by atoms with Crippen molar-refractivity contribution in [1.82, 2.24) is 5.32 Å². The first-order valence-corrected chi connectivity index (χ1v) is 6.26. The molecule has 0 amide bonds. The van der Waals surface area contributed by atoms with E-state index in [-0.39, 0.29) is 11.1 Å². The second kappa shape index (κ2) is 4.92. The van der Waals surface area contributed by atoms with Crippen LogP contribution < -0.4 is 5.32 Å². The second-order valence-corrected chi connectivity index (χ2v) is 5.26. The van der Waals surface area contributed by atoms with Gasteiger partial charge in [0.1, 0.15) is 5.82 Å². The van der Waals surface area contributed by atoms with Gasteiger partial charge in [-0.2, -0.15) is 0 Å². The molecule has 3 nitrogen and oxygen atoms in total. The third-order valence-corrected chi connectivity index (χ3v) is 4.13. The number of hydrogen-bond donors (Lipinski definition) is 2. The lowest BCUT2D eigenvalue weighted by atomic mass is 10.0. The van der Waals surface area contributed by atoms with Crippen LogP contribution in [-0.4, -0.2) is 17.6 Å². The molecule has 1 aromatic carbocycles. The van der Waals surface area contributed by atoms with Gasteiger partial charge in [0.2, 0.25) is 0 Å². The summed E-state index contributed by atoms with van der Waals surface area (Å²) in [5, 5.41) is 12.0. The largest absolute Gasteiger partial charge is 0.481 e. The van der Waals surface area contributed by atoms with Crippen molar-refractivity contribution in [2.24, 2.45) is 5.92 Å². The van der Waals surface area contributed by atoms with Gasteiger partial charge in [-0.25, -0.2) is 4.39 Å². The number of aliphatic carboxylic acids is 1. The van der Waals surface area contributed by atoms with Crippen LogP contribution in [0.3, 0.4) is 0 Å². The maximum Gasteiger partial charge on any atom is 0.307 e. The van der Waals surface area contributed by atoms with Crippen LogP contribution in [0.1, 0.15) is 18.0 Å². The van der Waals surface area contributed by atoms with E-state index in [4.69, 9.17) is 16.7 Å². The molecule has 2 N–H and O–H groups in total. The van der Waals surface area contributed by atoms with Crippen molar-refractivity contribution in [1.29, 1.82) is 0 Å². The Balaban J connectivity index is 2.22. The van der Waals surface area contributed by atoms with Gasteiger partial charge in [0.05, 0.1) is 10.9 Å². The van der Waals surface area contributed by atoms with Gasteiger partial charge in [0.25, 0.3) is 0 Å². The summed E-state index contributed by atoms with van der Waals surface area (Å²) in [5.74, 6) is -1.75. The van der Waals surface area contributed by atoms with Crippen molar-refractivity contribution >= 4 is 33.5 Å². The Morgan fingerprint density at radius 1 is 1.59 bits per heavy atom. The Morgan fingerprint density at radius 2 is 2.29 bits per heavy atom. The minimum absolute atomic E-state index is 0.0431. The standard InChI is InChI=1S/C11H10BrClFNO2/c12-7-1-5(2-8(14)10(7)13)9-3-6(4-15-9)11(16)17/h1-2,6,9,15H,3-4H2,(H,16,17). The van der Waals surface area contributed by atoms with Gasteiger partial charge >= 0.3 is 5.97 Å². The Morgan fingerprint density at radius 3 is 2.82 bits per heavy atom. The number of carbonyl (C=O) groups is 1. The number of rotatable bonds is 2. The lowest BCUT2D eigenvalue weighted by Gasteiger charge is -2.12. The van der Waals surface area contributed by atoms with Gasteiger partial charge in [-0.1, -0.05) is 11.6 Å². The predicted octanol–water partition coefficient (Wildman–Crippen LogP) is 2.98. The lowest BCUT2D eigenvalue weighted by Crippen LogP contribution is -2.17. The van der Waals surface area contributed by atoms with E-state index in [1.165, 1.54) is 6.07 Å². The maximum absolute atomic E-state index is 13.4. The minimum Gasteiger partial charge on any atom is -0.481 e. The monoisotopic (exact) mass is 321 g/mol. The average molecular weight is 323 g/mol. The van der Waals surface area contributed by atoms with E-state index in [9.17, 15) is 9.18 Å². The van der Waals surface area contributed by atoms with E-state index in [1.54, 1.807) is 6.07 Å². The molecule has 1 fully saturated rings. The molecule has 2 atom stereocenters. The Hall–Kier alpha value is -0.650. The first kappa shape index (κ1) is 12.8. The van der Waals surface area contributed by atoms with Crippen LogP contribution >= 0.6 is 27.5 Å². The highest BCUT2D eigenvalue weighted by molar-refractivity contribution is 9.10. The predicted molar refractivity (Wildman–Crippen MR) is 65.6 cm³/mol. The molecular formula is C11H10BrClFNO2. The lowest BCUT2D eigenvalue weighted by molar-refractivity contribution is -0.141. The van der Waals surface area contributed by atoms with E-state index >= 15 is 0 Å². The Bertz CT molecular complexity index is 446. The maximum atomic E-state index is 13.4. The summed E-state index contributed by atoms with van der Waals surface area (Å²) < 4.78 is 13.9. The zero-order chi connectivity index (χ0) is 12.6. The molecule has 92 valence electrons.